The molecule has 0 heterocycles. The van der Waals surface area contributed by atoms with E-state index in [-0.39, 0.29) is 29.9 Å². The molecule has 0 atom stereocenters. The number of nitrogens with one attached hydrogen (secondary N) is 2. The monoisotopic (exact) mass is 530 g/mol. The summed E-state index contributed by atoms with van der Waals surface area (Å²) >= 11 is 5.87. The summed E-state index contributed by atoms with van der Waals surface area (Å²) in [4.78, 5) is 18.3. The molecule has 2 N–H and O–H groups in total. The molecule has 0 aliphatic rings. The molecule has 158 valence electrons. The fourth-order valence-corrected chi connectivity index (χ4v) is 2.71. The summed E-state index contributed by atoms with van der Waals surface area (Å²) in [5.41, 5.74) is 1.66. The average molecular weight is 531 g/mol. The summed E-state index contributed by atoms with van der Waals surface area (Å²) < 4.78 is 5.73. The maximum absolute atomic E-state index is 12.0. The van der Waals surface area contributed by atoms with Crippen LogP contribution in [0.3, 0.4) is 0 Å². The number of halogens is 2. The predicted octanol–water partition coefficient (Wildman–Crippen LogP) is 3.79. The van der Waals surface area contributed by atoms with Crippen LogP contribution in [0, 0.1) is 0 Å². The van der Waals surface area contributed by atoms with Crippen molar-refractivity contribution >= 4 is 47.4 Å². The van der Waals surface area contributed by atoms with Crippen LogP contribution in [0.2, 0.25) is 5.02 Å². The Morgan fingerprint density at radius 2 is 1.90 bits per heavy atom. The first-order chi connectivity index (χ1) is 13.5. The molecule has 0 unspecified atom stereocenters. The lowest BCUT2D eigenvalue weighted by Gasteiger charge is -2.22. The van der Waals surface area contributed by atoms with Crippen LogP contribution in [-0.4, -0.2) is 50.6 Å². The number of likely N-dealkylation sites (N-methyl/N-ethyl adjacent to an activating group) is 1. The Kier molecular flexibility index (Phi) is 11.5. The number of carbonyl (C=O) groups excluding carboxylic acids is 1. The molecule has 2 aromatic rings. The lowest BCUT2D eigenvalue weighted by molar-refractivity contribution is 0.0955. The van der Waals surface area contributed by atoms with Gasteiger partial charge in [0.2, 0.25) is 0 Å². The fraction of sp³-hybridized carbons (Fsp3) is 0.333. The van der Waals surface area contributed by atoms with E-state index in [1.807, 2.05) is 55.3 Å². The van der Waals surface area contributed by atoms with E-state index in [0.29, 0.717) is 36.8 Å². The fourth-order valence-electron chi connectivity index (χ4n) is 2.59. The summed E-state index contributed by atoms with van der Waals surface area (Å²) in [5.74, 6) is 1.47. The Balaban J connectivity index is 0.00000420. The molecule has 0 radical (unpaired) electrons. The van der Waals surface area contributed by atoms with Gasteiger partial charge in [-0.1, -0.05) is 23.7 Å². The van der Waals surface area contributed by atoms with Gasteiger partial charge in [0.15, 0.2) is 5.96 Å². The summed E-state index contributed by atoms with van der Waals surface area (Å²) in [6.45, 7) is 4.27. The Hall–Kier alpha value is -2.00. The zero-order valence-electron chi connectivity index (χ0n) is 16.9. The van der Waals surface area contributed by atoms with Crippen molar-refractivity contribution < 1.29 is 9.53 Å². The van der Waals surface area contributed by atoms with Gasteiger partial charge in [0, 0.05) is 37.8 Å². The molecular formula is C21H28ClIN4O2. The van der Waals surface area contributed by atoms with Gasteiger partial charge in [0.1, 0.15) is 12.4 Å². The topological polar surface area (TPSA) is 66.0 Å². The zero-order valence-corrected chi connectivity index (χ0v) is 20.0. The number of hydrogen-bond donors (Lipinski definition) is 2. The number of hydrogen-bond acceptors (Lipinski definition) is 3. The minimum atomic E-state index is -0.0646. The molecule has 0 aliphatic heterocycles. The minimum Gasteiger partial charge on any atom is -0.492 e. The molecule has 2 aromatic carbocycles. The lowest BCUT2D eigenvalue weighted by Crippen LogP contribution is -2.40. The number of rotatable bonds is 8. The van der Waals surface area contributed by atoms with E-state index in [4.69, 9.17) is 16.3 Å². The van der Waals surface area contributed by atoms with Crippen LogP contribution < -0.4 is 15.4 Å². The third kappa shape index (κ3) is 8.49. The van der Waals surface area contributed by atoms with Crippen LogP contribution in [0.4, 0.5) is 0 Å². The number of benzene rings is 2. The van der Waals surface area contributed by atoms with Crippen LogP contribution in [0.5, 0.6) is 5.75 Å². The highest BCUT2D eigenvalue weighted by Crippen LogP contribution is 2.15. The molecular weight excluding hydrogens is 503 g/mol. The quantitative estimate of drug-likeness (QED) is 0.310. The van der Waals surface area contributed by atoms with Gasteiger partial charge in [-0.2, -0.15) is 0 Å². The van der Waals surface area contributed by atoms with Gasteiger partial charge in [-0.25, -0.2) is 0 Å². The maximum Gasteiger partial charge on any atom is 0.251 e. The largest absolute Gasteiger partial charge is 0.492 e. The van der Waals surface area contributed by atoms with Gasteiger partial charge in [-0.3, -0.25) is 9.79 Å². The van der Waals surface area contributed by atoms with E-state index in [1.165, 1.54) is 0 Å². The van der Waals surface area contributed by atoms with Gasteiger partial charge in [-0.05, 0) is 48.9 Å². The Bertz CT molecular complexity index is 800. The van der Waals surface area contributed by atoms with Crippen LogP contribution in [0.15, 0.2) is 53.5 Å². The van der Waals surface area contributed by atoms with Crippen molar-refractivity contribution in [3.05, 3.63) is 64.7 Å². The van der Waals surface area contributed by atoms with Gasteiger partial charge >= 0.3 is 0 Å². The molecule has 0 aromatic heterocycles. The highest BCUT2D eigenvalue weighted by atomic mass is 127. The van der Waals surface area contributed by atoms with Crippen molar-refractivity contribution in [1.82, 2.24) is 15.5 Å². The molecule has 0 saturated carbocycles. The number of nitrogens with zero attached hydrogens (tertiary/aromatic N) is 2. The van der Waals surface area contributed by atoms with Crippen molar-refractivity contribution in [3.8, 4) is 5.75 Å². The van der Waals surface area contributed by atoms with Crippen LogP contribution in [0.25, 0.3) is 0 Å². The Morgan fingerprint density at radius 1 is 1.17 bits per heavy atom. The second-order valence-electron chi connectivity index (χ2n) is 6.18. The smallest absolute Gasteiger partial charge is 0.251 e. The van der Waals surface area contributed by atoms with Crippen LogP contribution in [0.1, 0.15) is 22.8 Å². The van der Waals surface area contributed by atoms with Gasteiger partial charge < -0.3 is 20.3 Å². The van der Waals surface area contributed by atoms with E-state index >= 15 is 0 Å². The lowest BCUT2D eigenvalue weighted by atomic mass is 10.1. The van der Waals surface area contributed by atoms with Gasteiger partial charge in [0.25, 0.3) is 5.91 Å². The molecule has 0 aliphatic carbocycles. The number of amides is 1. The number of aliphatic imine (C=N–C) groups is 1. The first kappa shape index (κ1) is 25.0. The van der Waals surface area contributed by atoms with E-state index in [1.54, 1.807) is 19.2 Å². The molecule has 0 saturated heterocycles. The van der Waals surface area contributed by atoms with Crippen molar-refractivity contribution in [2.75, 3.05) is 33.8 Å². The van der Waals surface area contributed by atoms with Crippen molar-refractivity contribution in [1.29, 1.82) is 0 Å². The highest BCUT2D eigenvalue weighted by Gasteiger charge is 2.08. The maximum atomic E-state index is 12.0. The number of ether oxygens (including phenoxy) is 1. The second-order valence-corrected chi connectivity index (χ2v) is 6.62. The van der Waals surface area contributed by atoms with E-state index in [0.717, 1.165) is 17.3 Å². The van der Waals surface area contributed by atoms with E-state index < -0.39 is 0 Å². The van der Waals surface area contributed by atoms with E-state index in [2.05, 4.69) is 15.6 Å². The Labute approximate surface area is 194 Å². The second kappa shape index (κ2) is 13.3. The van der Waals surface area contributed by atoms with Crippen molar-refractivity contribution in [2.45, 2.75) is 13.5 Å². The third-order valence-electron chi connectivity index (χ3n) is 4.06. The summed E-state index contributed by atoms with van der Waals surface area (Å²) in [5, 5.41) is 6.81. The molecule has 2 rings (SSSR count). The molecule has 8 heteroatoms. The average Bonchev–Trinajstić information content (AvgIpc) is 2.70. The highest BCUT2D eigenvalue weighted by molar-refractivity contribution is 14.0. The van der Waals surface area contributed by atoms with Crippen LogP contribution >= 0.6 is 35.6 Å². The Morgan fingerprint density at radius 3 is 2.55 bits per heavy atom. The molecule has 6 nitrogen and oxygen atoms in total. The first-order valence-electron chi connectivity index (χ1n) is 9.20. The van der Waals surface area contributed by atoms with Crippen molar-refractivity contribution in [3.63, 3.8) is 0 Å². The summed E-state index contributed by atoms with van der Waals surface area (Å²) in [6.07, 6.45) is 0. The minimum absolute atomic E-state index is 0. The zero-order chi connectivity index (χ0) is 20.4. The van der Waals surface area contributed by atoms with E-state index in [9.17, 15) is 4.79 Å². The molecule has 0 spiro atoms. The third-order valence-corrected chi connectivity index (χ3v) is 4.31. The molecule has 1 amide bonds. The van der Waals surface area contributed by atoms with Gasteiger partial charge in [0.05, 0.1) is 6.54 Å². The number of carbonyl (C=O) groups is 1. The van der Waals surface area contributed by atoms with Crippen LogP contribution in [-0.2, 0) is 6.54 Å². The number of guanidine groups is 1. The standard InChI is InChI=1S/C21H27ClN4O2.HI/c1-4-24-20(27)17-7-5-6-16(14-17)15-25-21(23-2)26(3)12-13-28-19-10-8-18(22)9-11-19;/h5-11,14H,4,12-13,15H2,1-3H3,(H,23,25)(H,24,27);1H. The van der Waals surface area contributed by atoms with Gasteiger partial charge in [-0.15, -0.1) is 24.0 Å². The normalized spacial score (nSPS) is 10.7. The molecule has 0 bridgehead atoms. The summed E-state index contributed by atoms with van der Waals surface area (Å²) in [7, 11) is 3.69. The molecule has 0 fully saturated rings. The summed E-state index contributed by atoms with van der Waals surface area (Å²) in [6, 6.07) is 14.8. The van der Waals surface area contributed by atoms with Crippen molar-refractivity contribution in [2.24, 2.45) is 4.99 Å². The molecule has 29 heavy (non-hydrogen) atoms. The predicted molar refractivity (Wildman–Crippen MR) is 130 cm³/mol. The SMILES string of the molecule is CCNC(=O)c1cccc(CNC(=NC)N(C)CCOc2ccc(Cl)cc2)c1.I. The first-order valence-corrected chi connectivity index (χ1v) is 9.58.